The van der Waals surface area contributed by atoms with Gasteiger partial charge in [-0.3, -0.25) is 4.90 Å². The van der Waals surface area contributed by atoms with Gasteiger partial charge in [0.15, 0.2) is 0 Å². The number of nitrogens with one attached hydrogen (secondary N) is 2. The Bertz CT molecular complexity index is 2590. The first-order valence-corrected chi connectivity index (χ1v) is 21.6. The van der Waals surface area contributed by atoms with Gasteiger partial charge in [0.25, 0.3) is 0 Å². The Balaban J connectivity index is 0.000000329. The summed E-state index contributed by atoms with van der Waals surface area (Å²) in [7, 11) is 2.50. The average molecular weight is 892 g/mol. The van der Waals surface area contributed by atoms with E-state index in [1.165, 1.54) is 20.4 Å². The van der Waals surface area contributed by atoms with Crippen molar-refractivity contribution in [1.82, 2.24) is 24.8 Å². The minimum absolute atomic E-state index is 0.411. The van der Waals surface area contributed by atoms with Crippen molar-refractivity contribution in [3.8, 4) is 18.1 Å². The average Bonchev–Trinajstić information content (AvgIpc) is 4.05. The molecule has 1 aliphatic rings. The summed E-state index contributed by atoms with van der Waals surface area (Å²) in [6.45, 7) is 12.8. The number of rotatable bonds is 14. The van der Waals surface area contributed by atoms with Gasteiger partial charge < -0.3 is 31.9 Å². The molecule has 0 radical (unpaired) electrons. The van der Waals surface area contributed by atoms with E-state index in [-0.39, 0.29) is 0 Å². The van der Waals surface area contributed by atoms with Gasteiger partial charge in [0.2, 0.25) is 18.3 Å². The number of aryl methyl sites for hydroxylation is 3. The molecule has 0 saturated carbocycles. The standard InChI is InChI=1S/C19H19N5.C17H14N4O.C8H19N.C7H9N2.2CH4/c20-13-24-17(6-4-14-2-1-3-16(21)12-14)7-5-15-8-10-22-19-18(15)9-11-23-19;18-12-21-16(22-14-4-2-1-3-5-14)7-6-13-8-10-19-17-15(13)9-11-20-17;1-6-9(7(2)3)8(4)5;8-5-6-2-1-3-7(9)4-6;;/h1-3,8-12H,4-7,21H2,(H,22,23);1-5,8-11H,6-7H2,(H,19,20);7-8H,6H2,1-5H3;1,3-4H,5,8-9H2;2*1H4/q;;;+1;;/i;;;;2*1D. The summed E-state index contributed by atoms with van der Waals surface area (Å²) in [5.41, 5.74) is 25.3. The van der Waals surface area contributed by atoms with E-state index in [0.717, 1.165) is 94.5 Å². The molecule has 66 heavy (non-hydrogen) atoms. The first-order chi connectivity index (χ1) is 33.0. The zero-order valence-corrected chi connectivity index (χ0v) is 39.6. The number of ether oxygens (including phenoxy) is 1. The van der Waals surface area contributed by atoms with Crippen molar-refractivity contribution in [1.29, 1.82) is 10.5 Å². The number of H-pyrrole nitrogens is 2. The molecule has 6 aromatic rings. The van der Waals surface area contributed by atoms with E-state index >= 15 is 0 Å². The van der Waals surface area contributed by atoms with E-state index in [1.807, 2.05) is 110 Å². The smallest absolute Gasteiger partial charge is 0.208 e. The maximum atomic E-state index is 8.94. The molecule has 0 fully saturated rings. The van der Waals surface area contributed by atoms with Crippen molar-refractivity contribution in [2.45, 2.75) is 100 Å². The van der Waals surface area contributed by atoms with E-state index < -0.39 is 0 Å². The Kier molecular flexibility index (Phi) is 23.2. The Morgan fingerprint density at radius 1 is 0.803 bits per heavy atom. The predicted octanol–water partition coefficient (Wildman–Crippen LogP) is 10.6. The van der Waals surface area contributed by atoms with E-state index in [4.69, 9.17) is 35.2 Å². The Labute approximate surface area is 395 Å². The topological polar surface area (TPSA) is 220 Å². The van der Waals surface area contributed by atoms with Gasteiger partial charge in [0.05, 0.1) is 18.7 Å². The first kappa shape index (κ1) is 51.2. The van der Waals surface area contributed by atoms with Gasteiger partial charge in [-0.1, -0.05) is 52.1 Å². The summed E-state index contributed by atoms with van der Waals surface area (Å²) in [6.07, 6.45) is 23.9. The van der Waals surface area contributed by atoms with Crippen molar-refractivity contribution in [2.75, 3.05) is 18.8 Å². The summed E-state index contributed by atoms with van der Waals surface area (Å²) in [5, 5.41) is 20.0. The number of aliphatic imine (C=N–C) groups is 2. The Morgan fingerprint density at radius 2 is 1.39 bits per heavy atom. The molecule has 0 atom stereocenters. The molecule has 8 N–H and O–H groups in total. The van der Waals surface area contributed by atoms with Crippen LogP contribution >= 0.6 is 0 Å². The number of aromatic amines is 2. The fourth-order valence-electron chi connectivity index (χ4n) is 7.13. The zero-order valence-electron chi connectivity index (χ0n) is 41.6. The molecule has 346 valence electrons. The van der Waals surface area contributed by atoms with Crippen LogP contribution in [0.2, 0.25) is 0 Å². The number of hydrogen-bond donors (Lipinski definition) is 5. The van der Waals surface area contributed by atoms with Gasteiger partial charge in [-0.2, -0.15) is 15.5 Å². The Hall–Kier alpha value is -7.41. The number of para-hydroxylation sites is 1. The highest BCUT2D eigenvalue weighted by Gasteiger charge is 2.11. The number of nitriles is 2. The molecule has 0 amide bonds. The lowest BCUT2D eigenvalue weighted by atomic mass is 10.0. The quantitative estimate of drug-likeness (QED) is 0.0230. The zero-order chi connectivity index (χ0) is 50.1. The predicted molar refractivity (Wildman–Crippen MR) is 275 cm³/mol. The molecular weight excluding hydrogens is 821 g/mol. The second-order valence-corrected chi connectivity index (χ2v) is 15.3. The van der Waals surface area contributed by atoms with Gasteiger partial charge in [0.1, 0.15) is 34.4 Å². The van der Waals surface area contributed by atoms with Crippen LogP contribution in [0.4, 0.5) is 5.69 Å². The van der Waals surface area contributed by atoms with Gasteiger partial charge in [-0.15, -0.1) is 4.99 Å². The number of allylic oxidation sites excluding steroid dienone is 3. The van der Waals surface area contributed by atoms with Crippen LogP contribution in [0.5, 0.6) is 5.75 Å². The second kappa shape index (κ2) is 29.9. The molecule has 0 spiro atoms. The minimum atomic E-state index is 0.411. The van der Waals surface area contributed by atoms with Crippen LogP contribution in [0.3, 0.4) is 0 Å². The summed E-state index contributed by atoms with van der Waals surface area (Å²) < 4.78 is 17.2. The molecule has 13 heteroatoms. The van der Waals surface area contributed by atoms with Crippen molar-refractivity contribution in [3.05, 3.63) is 156 Å². The van der Waals surface area contributed by atoms with Gasteiger partial charge >= 0.3 is 0 Å². The molecule has 4 aromatic heterocycles. The van der Waals surface area contributed by atoms with E-state index in [2.05, 4.69) is 75.5 Å². The molecule has 7 rings (SSSR count). The van der Waals surface area contributed by atoms with Crippen LogP contribution < -0.4 is 21.9 Å². The fourth-order valence-corrected chi connectivity index (χ4v) is 7.13. The molecule has 0 unspecified atom stereocenters. The lowest BCUT2D eigenvalue weighted by Gasteiger charge is -2.28. The molecule has 2 aromatic carbocycles. The van der Waals surface area contributed by atoms with Crippen LogP contribution in [-0.4, -0.2) is 61.6 Å². The molecular formula is C53H69N12O+. The number of anilines is 1. The first-order valence-electron chi connectivity index (χ1n) is 23.6. The third kappa shape index (κ3) is 18.4. The van der Waals surface area contributed by atoms with Crippen LogP contribution in [0.15, 0.2) is 143 Å². The third-order valence-corrected chi connectivity index (χ3v) is 10.2. The Morgan fingerprint density at radius 3 is 1.89 bits per heavy atom. The number of benzene rings is 2. The molecule has 13 nitrogen and oxygen atoms in total. The van der Waals surface area contributed by atoms with Gasteiger partial charge in [-0.05, 0) is 132 Å². The molecule has 1 aliphatic carbocycles. The lowest BCUT2D eigenvalue weighted by Crippen LogP contribution is -2.36. The van der Waals surface area contributed by atoms with Crippen LogP contribution in [-0.2, 0) is 19.3 Å². The molecule has 0 aliphatic heterocycles. The monoisotopic (exact) mass is 892 g/mol. The largest absolute Gasteiger partial charge is 0.442 e. The number of nitrogens with zero attached hydrogens (tertiary/aromatic N) is 7. The number of hydrogen-bond acceptors (Lipinski definition) is 11. The van der Waals surface area contributed by atoms with Crippen molar-refractivity contribution in [2.24, 2.45) is 21.5 Å². The second-order valence-electron chi connectivity index (χ2n) is 15.3. The highest BCUT2D eigenvalue weighted by atomic mass is 16.5. The fraction of sp³-hybridized carbons (Fsp3) is 0.321. The molecule has 4 heterocycles. The van der Waals surface area contributed by atoms with Gasteiger partial charge in [-0.25, -0.2) is 9.97 Å². The van der Waals surface area contributed by atoms with Crippen molar-refractivity contribution < 1.29 is 7.48 Å². The normalized spacial score (nSPS) is 12.0. The summed E-state index contributed by atoms with van der Waals surface area (Å²) in [4.78, 5) is 25.0. The van der Waals surface area contributed by atoms with Crippen molar-refractivity contribution in [3.63, 3.8) is 0 Å². The highest BCUT2D eigenvalue weighted by Crippen LogP contribution is 2.20. The number of nitrogen functional groups attached to an aromatic ring is 1. The summed E-state index contributed by atoms with van der Waals surface area (Å²) in [6, 6.07) is 26.6. The molecule has 0 bridgehead atoms. The van der Waals surface area contributed by atoms with Crippen molar-refractivity contribution >= 4 is 39.4 Å². The maximum absolute atomic E-state index is 8.94. The highest BCUT2D eigenvalue weighted by molar-refractivity contribution is 5.87. The SMILES string of the molecule is CCN(C(C)C)C(C)C.N#CN=C(CCc1cccc(N)c1)CCc1ccnc2[nH]ccc12.N#CN=C(CCc1ccnc2[nH]ccc12)Oc1ccccc1.NCC1=[C+]C=CC(N)=C1.[2H]C.[2H]C. The number of pyridine rings is 2. The lowest BCUT2D eigenvalue weighted by molar-refractivity contribution is 0.185. The van der Waals surface area contributed by atoms with Crippen LogP contribution in [0, 0.1) is 29.0 Å². The van der Waals surface area contributed by atoms with Crippen LogP contribution in [0.25, 0.3) is 22.1 Å². The van der Waals surface area contributed by atoms with E-state index in [0.29, 0.717) is 36.7 Å². The summed E-state index contributed by atoms with van der Waals surface area (Å²) in [5.74, 6) is 1.09. The van der Waals surface area contributed by atoms with Crippen LogP contribution in [0.1, 0.15) is 88.1 Å². The summed E-state index contributed by atoms with van der Waals surface area (Å²) >= 11 is 0. The number of fused-ring (bicyclic) bond motifs is 2. The van der Waals surface area contributed by atoms with E-state index in [1.54, 1.807) is 24.5 Å². The molecule has 0 saturated heterocycles. The number of nitrogens with two attached hydrogens (primary N) is 3. The number of aromatic nitrogens is 4. The minimum Gasteiger partial charge on any atom is -0.442 e. The maximum Gasteiger partial charge on any atom is 0.208 e. The van der Waals surface area contributed by atoms with E-state index in [9.17, 15) is 0 Å². The third-order valence-electron chi connectivity index (χ3n) is 10.2. The van der Waals surface area contributed by atoms with Gasteiger partial charge in [0, 0.05) is 74.3 Å².